The molecule has 2 nitrogen and oxygen atoms in total. The average molecular weight is 260 g/mol. The largest absolute Gasteiger partial charge is 0.383 e. The summed E-state index contributed by atoms with van der Waals surface area (Å²) in [4.78, 5) is 0. The van der Waals surface area contributed by atoms with Crippen molar-refractivity contribution in [3.63, 3.8) is 0 Å². The van der Waals surface area contributed by atoms with Crippen LogP contribution in [0.5, 0.6) is 0 Å². The lowest BCUT2D eigenvalue weighted by Gasteiger charge is -2.09. The second kappa shape index (κ2) is 5.05. The number of nitrogens with one attached hydrogen (secondary N) is 1. The highest BCUT2D eigenvalue weighted by molar-refractivity contribution is 7.14. The SMILES string of the molecule is COCCNCC1CC1(C)c1csc(Cl)c1. The molecule has 0 spiro atoms. The highest BCUT2D eigenvalue weighted by Crippen LogP contribution is 2.54. The molecule has 0 aromatic carbocycles. The Labute approximate surface area is 106 Å². The second-order valence-electron chi connectivity index (χ2n) is 4.65. The Morgan fingerprint density at radius 3 is 3.12 bits per heavy atom. The second-order valence-corrected chi connectivity index (χ2v) is 6.20. The Morgan fingerprint density at radius 2 is 2.50 bits per heavy atom. The summed E-state index contributed by atoms with van der Waals surface area (Å²) in [6.45, 7) is 5.13. The summed E-state index contributed by atoms with van der Waals surface area (Å²) in [5.74, 6) is 0.745. The molecule has 1 heterocycles. The van der Waals surface area contributed by atoms with E-state index in [2.05, 4.69) is 23.7 Å². The summed E-state index contributed by atoms with van der Waals surface area (Å²) in [6.07, 6.45) is 1.26. The van der Waals surface area contributed by atoms with Crippen molar-refractivity contribution in [1.29, 1.82) is 0 Å². The van der Waals surface area contributed by atoms with Crippen LogP contribution in [-0.4, -0.2) is 26.8 Å². The molecule has 1 aromatic rings. The molecule has 90 valence electrons. The van der Waals surface area contributed by atoms with Crippen molar-refractivity contribution < 1.29 is 4.74 Å². The van der Waals surface area contributed by atoms with E-state index in [-0.39, 0.29) is 0 Å². The molecule has 0 saturated heterocycles. The molecular formula is C12H18ClNOS. The van der Waals surface area contributed by atoms with E-state index in [4.69, 9.17) is 16.3 Å². The highest BCUT2D eigenvalue weighted by Gasteiger charge is 2.50. The Hall–Kier alpha value is -0.0900. The molecule has 2 unspecified atom stereocenters. The minimum atomic E-state index is 0.351. The van der Waals surface area contributed by atoms with E-state index < -0.39 is 0 Å². The molecule has 1 aliphatic rings. The van der Waals surface area contributed by atoms with Crippen LogP contribution in [0.15, 0.2) is 11.4 Å². The van der Waals surface area contributed by atoms with Crippen LogP contribution in [0.1, 0.15) is 18.9 Å². The number of rotatable bonds is 6. The van der Waals surface area contributed by atoms with Crippen LogP contribution in [-0.2, 0) is 10.2 Å². The van der Waals surface area contributed by atoms with Crippen molar-refractivity contribution in [1.82, 2.24) is 5.32 Å². The number of halogens is 1. The summed E-state index contributed by atoms with van der Waals surface area (Å²) >= 11 is 7.60. The summed E-state index contributed by atoms with van der Waals surface area (Å²) < 4.78 is 5.90. The third kappa shape index (κ3) is 2.59. The van der Waals surface area contributed by atoms with Gasteiger partial charge in [-0.2, -0.15) is 0 Å². The van der Waals surface area contributed by atoms with Crippen LogP contribution < -0.4 is 5.32 Å². The number of methoxy groups -OCH3 is 1. The number of hydrogen-bond donors (Lipinski definition) is 1. The lowest BCUT2D eigenvalue weighted by molar-refractivity contribution is 0.199. The molecule has 1 aromatic heterocycles. The van der Waals surface area contributed by atoms with Crippen molar-refractivity contribution >= 4 is 22.9 Å². The van der Waals surface area contributed by atoms with Crippen molar-refractivity contribution in [2.24, 2.45) is 5.92 Å². The van der Waals surface area contributed by atoms with Crippen molar-refractivity contribution in [2.75, 3.05) is 26.8 Å². The lowest BCUT2D eigenvalue weighted by Crippen LogP contribution is -2.23. The van der Waals surface area contributed by atoms with Gasteiger partial charge < -0.3 is 10.1 Å². The first-order chi connectivity index (χ1) is 7.66. The van der Waals surface area contributed by atoms with Crippen LogP contribution in [0.3, 0.4) is 0 Å². The molecule has 0 aliphatic heterocycles. The third-order valence-corrected chi connectivity index (χ3v) is 4.60. The van der Waals surface area contributed by atoms with E-state index in [0.717, 1.165) is 30.0 Å². The third-order valence-electron chi connectivity index (χ3n) is 3.51. The molecule has 1 N–H and O–H groups in total. The quantitative estimate of drug-likeness (QED) is 0.794. The Bertz CT molecular complexity index is 355. The Kier molecular flexibility index (Phi) is 3.90. The number of hydrogen-bond acceptors (Lipinski definition) is 3. The van der Waals surface area contributed by atoms with Crippen LogP contribution >= 0.6 is 22.9 Å². The maximum absolute atomic E-state index is 5.97. The molecule has 2 rings (SSSR count). The summed E-state index contributed by atoms with van der Waals surface area (Å²) in [5, 5.41) is 5.62. The summed E-state index contributed by atoms with van der Waals surface area (Å²) in [6, 6.07) is 2.11. The van der Waals surface area contributed by atoms with Gasteiger partial charge in [0.1, 0.15) is 0 Å². The number of thiophene rings is 1. The van der Waals surface area contributed by atoms with Gasteiger partial charge in [-0.1, -0.05) is 18.5 Å². The van der Waals surface area contributed by atoms with Gasteiger partial charge in [-0.3, -0.25) is 0 Å². The molecule has 1 aliphatic carbocycles. The van der Waals surface area contributed by atoms with Gasteiger partial charge in [0.05, 0.1) is 10.9 Å². The van der Waals surface area contributed by atoms with E-state index in [0.29, 0.717) is 5.41 Å². The lowest BCUT2D eigenvalue weighted by atomic mass is 9.99. The van der Waals surface area contributed by atoms with Crippen LogP contribution in [0, 0.1) is 5.92 Å². The number of ether oxygens (including phenoxy) is 1. The predicted molar refractivity (Wildman–Crippen MR) is 69.5 cm³/mol. The van der Waals surface area contributed by atoms with E-state index in [9.17, 15) is 0 Å². The summed E-state index contributed by atoms with van der Waals surface area (Å²) in [7, 11) is 1.73. The zero-order chi connectivity index (χ0) is 11.6. The maximum atomic E-state index is 5.97. The standard InChI is InChI=1S/C12H18ClNOS/c1-12(9-5-11(13)16-8-9)6-10(12)7-14-3-4-15-2/h5,8,10,14H,3-4,6-7H2,1-2H3. The molecule has 1 fully saturated rings. The molecule has 0 amide bonds. The fraction of sp³-hybridized carbons (Fsp3) is 0.667. The molecule has 1 saturated carbocycles. The van der Waals surface area contributed by atoms with Gasteiger partial charge in [0.15, 0.2) is 0 Å². The first-order valence-electron chi connectivity index (χ1n) is 5.61. The molecule has 4 heteroatoms. The van der Waals surface area contributed by atoms with Gasteiger partial charge in [-0.15, -0.1) is 11.3 Å². The van der Waals surface area contributed by atoms with Gasteiger partial charge >= 0.3 is 0 Å². The topological polar surface area (TPSA) is 21.3 Å². The van der Waals surface area contributed by atoms with Crippen molar-refractivity contribution in [2.45, 2.75) is 18.8 Å². The molecule has 2 atom stereocenters. The minimum absolute atomic E-state index is 0.351. The van der Waals surface area contributed by atoms with Gasteiger partial charge in [0, 0.05) is 13.7 Å². The average Bonchev–Trinajstić information content (AvgIpc) is 2.71. The predicted octanol–water partition coefficient (Wildman–Crippen LogP) is 2.92. The van der Waals surface area contributed by atoms with Gasteiger partial charge in [0.2, 0.25) is 0 Å². The molecular weight excluding hydrogens is 242 g/mol. The molecule has 0 radical (unpaired) electrons. The van der Waals surface area contributed by atoms with Gasteiger partial charge in [-0.25, -0.2) is 0 Å². The normalized spacial score (nSPS) is 28.3. The zero-order valence-corrected chi connectivity index (χ0v) is 11.3. The Morgan fingerprint density at radius 1 is 1.69 bits per heavy atom. The first kappa shape index (κ1) is 12.4. The van der Waals surface area contributed by atoms with E-state index >= 15 is 0 Å². The van der Waals surface area contributed by atoms with Gasteiger partial charge in [0.25, 0.3) is 0 Å². The van der Waals surface area contributed by atoms with E-state index in [1.807, 2.05) is 0 Å². The van der Waals surface area contributed by atoms with E-state index in [1.54, 1.807) is 18.4 Å². The minimum Gasteiger partial charge on any atom is -0.383 e. The summed E-state index contributed by atoms with van der Waals surface area (Å²) in [5.41, 5.74) is 1.75. The molecule has 16 heavy (non-hydrogen) atoms. The van der Waals surface area contributed by atoms with Crippen LogP contribution in [0.2, 0.25) is 4.34 Å². The molecule has 0 bridgehead atoms. The van der Waals surface area contributed by atoms with Gasteiger partial charge in [-0.05, 0) is 41.3 Å². The fourth-order valence-electron chi connectivity index (χ4n) is 2.16. The fourth-order valence-corrected chi connectivity index (χ4v) is 3.19. The Balaban J connectivity index is 1.80. The zero-order valence-electron chi connectivity index (χ0n) is 9.75. The van der Waals surface area contributed by atoms with Crippen molar-refractivity contribution in [3.05, 3.63) is 21.3 Å². The first-order valence-corrected chi connectivity index (χ1v) is 6.87. The van der Waals surface area contributed by atoms with Crippen molar-refractivity contribution in [3.8, 4) is 0 Å². The highest BCUT2D eigenvalue weighted by atomic mass is 35.5. The smallest absolute Gasteiger partial charge is 0.0931 e. The van der Waals surface area contributed by atoms with E-state index in [1.165, 1.54) is 12.0 Å². The monoisotopic (exact) mass is 259 g/mol. The van der Waals surface area contributed by atoms with Crippen LogP contribution in [0.4, 0.5) is 0 Å². The maximum Gasteiger partial charge on any atom is 0.0931 e. The van der Waals surface area contributed by atoms with Crippen LogP contribution in [0.25, 0.3) is 0 Å².